The summed E-state index contributed by atoms with van der Waals surface area (Å²) >= 11 is 0. The largest absolute Gasteiger partial charge is 0.481 e. The second-order valence-electron chi connectivity index (χ2n) is 4.61. The van der Waals surface area contributed by atoms with Crippen molar-refractivity contribution in [2.24, 2.45) is 0 Å². The van der Waals surface area contributed by atoms with Gasteiger partial charge in [0.05, 0.1) is 0 Å². The van der Waals surface area contributed by atoms with Crippen LogP contribution in [0.1, 0.15) is 32.1 Å². The highest BCUT2D eigenvalue weighted by Gasteiger charge is 2.03. The van der Waals surface area contributed by atoms with Crippen molar-refractivity contribution < 1.29 is 14.7 Å². The Hall–Kier alpha value is -2.38. The number of aromatic amines is 1. The van der Waals surface area contributed by atoms with Crippen LogP contribution in [0.15, 0.2) is 21.9 Å². The molecule has 0 aliphatic heterocycles. The van der Waals surface area contributed by atoms with Crippen molar-refractivity contribution >= 4 is 11.9 Å². The van der Waals surface area contributed by atoms with E-state index in [2.05, 4.69) is 10.3 Å². The molecule has 0 spiro atoms. The fourth-order valence-corrected chi connectivity index (χ4v) is 1.74. The topological polar surface area (TPSA) is 121 Å². The lowest BCUT2D eigenvalue weighted by atomic mass is 10.2. The fraction of sp³-hybridized carbons (Fsp3) is 0.538. The SMILES string of the molecule is O=C(O)CCCCCNC(=O)CCn1ccc(=O)[nH]c1=O. The summed E-state index contributed by atoms with van der Waals surface area (Å²) < 4.78 is 1.26. The molecule has 0 aromatic carbocycles. The summed E-state index contributed by atoms with van der Waals surface area (Å²) in [6.07, 6.45) is 3.69. The van der Waals surface area contributed by atoms with Gasteiger partial charge in [-0.2, -0.15) is 0 Å². The Morgan fingerprint density at radius 2 is 1.95 bits per heavy atom. The van der Waals surface area contributed by atoms with Crippen molar-refractivity contribution in [1.82, 2.24) is 14.9 Å². The Bertz CT molecular complexity index is 590. The van der Waals surface area contributed by atoms with Gasteiger partial charge in [0.25, 0.3) is 5.56 Å². The molecule has 1 aromatic heterocycles. The number of carboxylic acids is 1. The van der Waals surface area contributed by atoms with Gasteiger partial charge in [-0.3, -0.25) is 19.4 Å². The highest BCUT2D eigenvalue weighted by molar-refractivity contribution is 5.75. The number of aromatic nitrogens is 2. The molecule has 0 bridgehead atoms. The molecule has 0 saturated carbocycles. The van der Waals surface area contributed by atoms with Crippen LogP contribution in [0.3, 0.4) is 0 Å². The third-order valence-electron chi connectivity index (χ3n) is 2.87. The first kappa shape index (κ1) is 16.7. The van der Waals surface area contributed by atoms with Gasteiger partial charge in [-0.25, -0.2) is 4.79 Å². The third kappa shape index (κ3) is 7.09. The van der Waals surface area contributed by atoms with Crippen LogP contribution in [0.4, 0.5) is 0 Å². The third-order valence-corrected chi connectivity index (χ3v) is 2.87. The molecule has 0 aliphatic carbocycles. The molecule has 0 saturated heterocycles. The smallest absolute Gasteiger partial charge is 0.328 e. The summed E-state index contributed by atoms with van der Waals surface area (Å²) in [5.74, 6) is -1.00. The Balaban J connectivity index is 2.18. The van der Waals surface area contributed by atoms with Crippen LogP contribution in [-0.2, 0) is 16.1 Å². The van der Waals surface area contributed by atoms with Gasteiger partial charge in [-0.1, -0.05) is 6.42 Å². The number of amides is 1. The van der Waals surface area contributed by atoms with Crippen molar-refractivity contribution in [2.75, 3.05) is 6.54 Å². The summed E-state index contributed by atoms with van der Waals surface area (Å²) in [5, 5.41) is 11.2. The zero-order valence-electron chi connectivity index (χ0n) is 11.6. The van der Waals surface area contributed by atoms with Crippen LogP contribution in [0, 0.1) is 0 Å². The predicted molar refractivity (Wildman–Crippen MR) is 75.1 cm³/mol. The maximum Gasteiger partial charge on any atom is 0.328 e. The van der Waals surface area contributed by atoms with Crippen LogP contribution < -0.4 is 16.6 Å². The van der Waals surface area contributed by atoms with Crippen LogP contribution in [0.25, 0.3) is 0 Å². The van der Waals surface area contributed by atoms with E-state index < -0.39 is 17.2 Å². The van der Waals surface area contributed by atoms with Crippen molar-refractivity contribution in [2.45, 2.75) is 38.6 Å². The van der Waals surface area contributed by atoms with Crippen LogP contribution in [0.2, 0.25) is 0 Å². The highest BCUT2D eigenvalue weighted by atomic mass is 16.4. The van der Waals surface area contributed by atoms with Gasteiger partial charge < -0.3 is 15.0 Å². The summed E-state index contributed by atoms with van der Waals surface area (Å²) in [6.45, 7) is 0.680. The minimum atomic E-state index is -0.814. The van der Waals surface area contributed by atoms with Crippen molar-refractivity contribution in [3.63, 3.8) is 0 Å². The number of hydrogen-bond acceptors (Lipinski definition) is 4. The standard InChI is InChI=1S/C13H19N3O5/c17-10(14-7-3-1-2-4-12(19)20)5-8-16-9-6-11(18)15-13(16)21/h6,9H,1-5,7-8H2,(H,14,17)(H,19,20)(H,15,18,21). The number of nitrogens with zero attached hydrogens (tertiary/aromatic N) is 1. The van der Waals surface area contributed by atoms with Gasteiger partial charge in [0.15, 0.2) is 0 Å². The second kappa shape index (κ2) is 8.72. The molecule has 8 nitrogen and oxygen atoms in total. The molecule has 1 amide bonds. The van der Waals surface area contributed by atoms with E-state index in [9.17, 15) is 19.2 Å². The number of carboxylic acid groups (broad SMARTS) is 1. The maximum atomic E-state index is 11.5. The van der Waals surface area contributed by atoms with E-state index in [1.807, 2.05) is 0 Å². The minimum Gasteiger partial charge on any atom is -0.481 e. The molecule has 21 heavy (non-hydrogen) atoms. The van der Waals surface area contributed by atoms with Gasteiger partial charge in [-0.15, -0.1) is 0 Å². The number of carbonyl (C=O) groups is 2. The number of aliphatic carboxylic acids is 1. The monoisotopic (exact) mass is 297 g/mol. The maximum absolute atomic E-state index is 11.5. The first-order valence-electron chi connectivity index (χ1n) is 6.77. The minimum absolute atomic E-state index is 0.140. The lowest BCUT2D eigenvalue weighted by molar-refractivity contribution is -0.137. The van der Waals surface area contributed by atoms with Gasteiger partial charge in [0.2, 0.25) is 5.91 Å². The molecule has 0 unspecified atom stereocenters. The molecule has 0 aliphatic rings. The quantitative estimate of drug-likeness (QED) is 0.540. The van der Waals surface area contributed by atoms with E-state index in [0.29, 0.717) is 13.0 Å². The van der Waals surface area contributed by atoms with E-state index in [1.54, 1.807) is 0 Å². The number of H-pyrrole nitrogens is 1. The summed E-state index contributed by atoms with van der Waals surface area (Å²) in [7, 11) is 0. The molecule has 0 radical (unpaired) electrons. The lowest BCUT2D eigenvalue weighted by Gasteiger charge is -2.06. The van der Waals surface area contributed by atoms with Gasteiger partial charge >= 0.3 is 11.7 Å². The predicted octanol–water partition coefficient (Wildman–Crippen LogP) is -0.312. The molecular weight excluding hydrogens is 278 g/mol. The number of carbonyl (C=O) groups excluding carboxylic acids is 1. The normalized spacial score (nSPS) is 10.3. The van der Waals surface area contributed by atoms with E-state index in [1.165, 1.54) is 16.8 Å². The van der Waals surface area contributed by atoms with Crippen molar-refractivity contribution in [1.29, 1.82) is 0 Å². The van der Waals surface area contributed by atoms with E-state index in [-0.39, 0.29) is 25.3 Å². The number of unbranched alkanes of at least 4 members (excludes halogenated alkanes) is 2. The molecule has 1 rings (SSSR count). The average Bonchev–Trinajstić information content (AvgIpc) is 2.41. The molecule has 1 aromatic rings. The second-order valence-corrected chi connectivity index (χ2v) is 4.61. The Morgan fingerprint density at radius 3 is 2.62 bits per heavy atom. The van der Waals surface area contributed by atoms with Gasteiger partial charge in [-0.05, 0) is 12.8 Å². The van der Waals surface area contributed by atoms with Crippen molar-refractivity contribution in [3.05, 3.63) is 33.1 Å². The van der Waals surface area contributed by atoms with Crippen LogP contribution in [0.5, 0.6) is 0 Å². The van der Waals surface area contributed by atoms with Crippen LogP contribution in [-0.4, -0.2) is 33.1 Å². The van der Waals surface area contributed by atoms with Crippen molar-refractivity contribution in [3.8, 4) is 0 Å². The van der Waals surface area contributed by atoms with E-state index in [0.717, 1.165) is 12.8 Å². The molecular formula is C13H19N3O5. The molecule has 8 heteroatoms. The zero-order valence-corrected chi connectivity index (χ0v) is 11.6. The first-order valence-corrected chi connectivity index (χ1v) is 6.77. The molecule has 3 N–H and O–H groups in total. The molecule has 0 atom stereocenters. The average molecular weight is 297 g/mol. The fourth-order valence-electron chi connectivity index (χ4n) is 1.74. The summed E-state index contributed by atoms with van der Waals surface area (Å²) in [6, 6.07) is 1.22. The van der Waals surface area contributed by atoms with Gasteiger partial charge in [0.1, 0.15) is 0 Å². The Kier molecular flexibility index (Phi) is 6.93. The number of nitrogens with one attached hydrogen (secondary N) is 2. The molecule has 0 fully saturated rings. The van der Waals surface area contributed by atoms with Gasteiger partial charge in [0, 0.05) is 38.2 Å². The first-order chi connectivity index (χ1) is 9.99. The lowest BCUT2D eigenvalue weighted by Crippen LogP contribution is -2.31. The number of aryl methyl sites for hydroxylation is 1. The number of rotatable bonds is 9. The highest BCUT2D eigenvalue weighted by Crippen LogP contribution is 1.98. The van der Waals surface area contributed by atoms with Crippen LogP contribution >= 0.6 is 0 Å². The summed E-state index contributed by atoms with van der Waals surface area (Å²) in [4.78, 5) is 46.2. The molecule has 116 valence electrons. The number of hydrogen-bond donors (Lipinski definition) is 3. The molecule has 1 heterocycles. The summed E-state index contributed by atoms with van der Waals surface area (Å²) in [5.41, 5.74) is -1.01. The van der Waals surface area contributed by atoms with E-state index in [4.69, 9.17) is 5.11 Å². The Labute approximate surface area is 120 Å². The zero-order chi connectivity index (χ0) is 15.7. The Morgan fingerprint density at radius 1 is 1.19 bits per heavy atom. The van der Waals surface area contributed by atoms with E-state index >= 15 is 0 Å².